The van der Waals surface area contributed by atoms with Gasteiger partial charge in [0.1, 0.15) is 5.82 Å². The second-order valence-corrected chi connectivity index (χ2v) is 6.32. The molecule has 0 aromatic carbocycles. The molecule has 0 unspecified atom stereocenters. The molecule has 2 N–H and O–H groups in total. The van der Waals surface area contributed by atoms with Gasteiger partial charge in [-0.15, -0.1) is 0 Å². The van der Waals surface area contributed by atoms with Gasteiger partial charge in [-0.1, -0.05) is 0 Å². The summed E-state index contributed by atoms with van der Waals surface area (Å²) in [5.41, 5.74) is 4.15. The molecule has 25 heavy (non-hydrogen) atoms. The van der Waals surface area contributed by atoms with E-state index in [0.717, 1.165) is 41.4 Å². The van der Waals surface area contributed by atoms with E-state index in [1.165, 1.54) is 19.3 Å². The van der Waals surface area contributed by atoms with Gasteiger partial charge in [-0.05, 0) is 43.5 Å². The first-order valence-electron chi connectivity index (χ1n) is 8.78. The molecule has 6 nitrogen and oxygen atoms in total. The number of aromatic amines is 1. The van der Waals surface area contributed by atoms with E-state index in [1.54, 1.807) is 6.20 Å². The highest BCUT2D eigenvalue weighted by Crippen LogP contribution is 2.22. The molecular weight excluding hydrogens is 312 g/mol. The number of piperidine rings is 1. The Kier molecular flexibility index (Phi) is 4.59. The highest BCUT2D eigenvalue weighted by molar-refractivity contribution is 5.62. The molecule has 0 aliphatic carbocycles. The fourth-order valence-electron chi connectivity index (χ4n) is 3.20. The fraction of sp³-hybridized carbons (Fsp3) is 0.316. The highest BCUT2D eigenvalue weighted by atomic mass is 15.2. The molecule has 4 rings (SSSR count). The number of hydrogen-bond acceptors (Lipinski definition) is 5. The number of nitrogens with one attached hydrogen (secondary N) is 2. The molecule has 0 saturated carbocycles. The van der Waals surface area contributed by atoms with E-state index in [1.807, 2.05) is 30.7 Å². The molecule has 0 bridgehead atoms. The Hall–Kier alpha value is -2.89. The van der Waals surface area contributed by atoms with Crippen LogP contribution in [0.15, 0.2) is 49.1 Å². The largest absolute Gasteiger partial charge is 0.380 e. The van der Waals surface area contributed by atoms with E-state index in [9.17, 15) is 0 Å². The summed E-state index contributed by atoms with van der Waals surface area (Å²) in [4.78, 5) is 11.1. The predicted molar refractivity (Wildman–Crippen MR) is 99.4 cm³/mol. The van der Waals surface area contributed by atoms with Crippen molar-refractivity contribution in [3.8, 4) is 11.3 Å². The van der Waals surface area contributed by atoms with E-state index in [0.29, 0.717) is 6.54 Å². The SMILES string of the molecule is c1cncc(-c2[nH]ncc2CNc2ccc(N3CCCCC3)nc2)c1. The smallest absolute Gasteiger partial charge is 0.128 e. The minimum atomic E-state index is 0.686. The lowest BCUT2D eigenvalue weighted by molar-refractivity contribution is 0.573. The van der Waals surface area contributed by atoms with Gasteiger partial charge in [0.05, 0.1) is 23.8 Å². The van der Waals surface area contributed by atoms with Crippen molar-refractivity contribution in [3.63, 3.8) is 0 Å². The fourth-order valence-corrected chi connectivity index (χ4v) is 3.20. The quantitative estimate of drug-likeness (QED) is 0.748. The first-order valence-corrected chi connectivity index (χ1v) is 8.78. The van der Waals surface area contributed by atoms with Crippen LogP contribution in [-0.2, 0) is 6.54 Å². The second-order valence-electron chi connectivity index (χ2n) is 6.32. The van der Waals surface area contributed by atoms with Crippen molar-refractivity contribution in [1.82, 2.24) is 20.2 Å². The van der Waals surface area contributed by atoms with E-state index in [2.05, 4.69) is 42.5 Å². The molecule has 1 aliphatic heterocycles. The molecular formula is C19H22N6. The molecule has 1 fully saturated rings. The normalized spacial score (nSPS) is 14.5. The number of H-pyrrole nitrogens is 1. The van der Waals surface area contributed by atoms with Crippen molar-refractivity contribution in [2.24, 2.45) is 0 Å². The minimum absolute atomic E-state index is 0.686. The summed E-state index contributed by atoms with van der Waals surface area (Å²) in [5.74, 6) is 1.07. The summed E-state index contributed by atoms with van der Waals surface area (Å²) in [6.45, 7) is 2.91. The lowest BCUT2D eigenvalue weighted by Gasteiger charge is -2.27. The molecule has 128 valence electrons. The number of pyridine rings is 2. The van der Waals surface area contributed by atoms with Crippen LogP contribution in [0.1, 0.15) is 24.8 Å². The van der Waals surface area contributed by atoms with Crippen molar-refractivity contribution in [2.75, 3.05) is 23.3 Å². The third-order valence-corrected chi connectivity index (χ3v) is 4.58. The van der Waals surface area contributed by atoms with Gasteiger partial charge >= 0.3 is 0 Å². The summed E-state index contributed by atoms with van der Waals surface area (Å²) in [5, 5.41) is 10.7. The van der Waals surface area contributed by atoms with Gasteiger partial charge < -0.3 is 10.2 Å². The predicted octanol–water partition coefficient (Wildman–Crippen LogP) is 3.47. The summed E-state index contributed by atoms with van der Waals surface area (Å²) in [7, 11) is 0. The standard InChI is InChI=1S/C19H22N6/c1-2-9-25(10-3-1)18-7-6-17(14-22-18)21-12-16-13-23-24-19(16)15-5-4-8-20-11-15/h4-8,11,13-14,21H,1-3,9-10,12H2,(H,23,24). The molecule has 4 heterocycles. The molecule has 3 aromatic heterocycles. The van der Waals surface area contributed by atoms with Crippen LogP contribution in [-0.4, -0.2) is 33.3 Å². The first kappa shape index (κ1) is 15.6. The maximum atomic E-state index is 4.61. The summed E-state index contributed by atoms with van der Waals surface area (Å²) < 4.78 is 0. The maximum Gasteiger partial charge on any atom is 0.128 e. The Morgan fingerprint density at radius 1 is 1.04 bits per heavy atom. The van der Waals surface area contributed by atoms with Crippen LogP contribution in [0.3, 0.4) is 0 Å². The molecule has 0 amide bonds. The van der Waals surface area contributed by atoms with Crippen LogP contribution in [0.4, 0.5) is 11.5 Å². The molecule has 6 heteroatoms. The summed E-state index contributed by atoms with van der Waals surface area (Å²) >= 11 is 0. The van der Waals surface area contributed by atoms with Crippen molar-refractivity contribution in [1.29, 1.82) is 0 Å². The summed E-state index contributed by atoms with van der Waals surface area (Å²) in [6.07, 6.45) is 11.2. The van der Waals surface area contributed by atoms with Gasteiger partial charge in [0.25, 0.3) is 0 Å². The first-order chi connectivity index (χ1) is 12.4. The molecule has 0 spiro atoms. The maximum absolute atomic E-state index is 4.61. The monoisotopic (exact) mass is 334 g/mol. The second kappa shape index (κ2) is 7.34. The Morgan fingerprint density at radius 3 is 2.72 bits per heavy atom. The molecule has 0 radical (unpaired) electrons. The number of hydrogen-bond donors (Lipinski definition) is 2. The van der Waals surface area contributed by atoms with Crippen LogP contribution in [0, 0.1) is 0 Å². The third-order valence-electron chi connectivity index (χ3n) is 4.58. The number of aromatic nitrogens is 4. The summed E-state index contributed by atoms with van der Waals surface area (Å²) in [6, 6.07) is 8.15. The molecule has 1 saturated heterocycles. The zero-order valence-corrected chi connectivity index (χ0v) is 14.2. The average Bonchev–Trinajstić information content (AvgIpc) is 3.17. The molecule has 0 atom stereocenters. The topological polar surface area (TPSA) is 69.7 Å². The van der Waals surface area contributed by atoms with Gasteiger partial charge in [-0.25, -0.2) is 4.98 Å². The van der Waals surface area contributed by atoms with Crippen LogP contribution in [0.2, 0.25) is 0 Å². The highest BCUT2D eigenvalue weighted by Gasteiger charge is 2.12. The van der Waals surface area contributed by atoms with Gasteiger partial charge in [-0.3, -0.25) is 10.1 Å². The number of nitrogens with zero attached hydrogens (tertiary/aromatic N) is 4. The third kappa shape index (κ3) is 3.63. The minimum Gasteiger partial charge on any atom is -0.380 e. The van der Waals surface area contributed by atoms with E-state index in [-0.39, 0.29) is 0 Å². The molecule has 1 aliphatic rings. The zero-order chi connectivity index (χ0) is 16.9. The zero-order valence-electron chi connectivity index (χ0n) is 14.2. The van der Waals surface area contributed by atoms with Crippen LogP contribution in [0.25, 0.3) is 11.3 Å². The van der Waals surface area contributed by atoms with Crippen LogP contribution >= 0.6 is 0 Å². The van der Waals surface area contributed by atoms with Crippen LogP contribution in [0.5, 0.6) is 0 Å². The Labute approximate surface area is 147 Å². The van der Waals surface area contributed by atoms with Gasteiger partial charge in [0.2, 0.25) is 0 Å². The lowest BCUT2D eigenvalue weighted by atomic mass is 10.1. The van der Waals surface area contributed by atoms with Crippen molar-refractivity contribution >= 4 is 11.5 Å². The van der Waals surface area contributed by atoms with Crippen molar-refractivity contribution < 1.29 is 0 Å². The van der Waals surface area contributed by atoms with E-state index < -0.39 is 0 Å². The molecule has 3 aromatic rings. The van der Waals surface area contributed by atoms with Crippen LogP contribution < -0.4 is 10.2 Å². The number of rotatable bonds is 5. The number of anilines is 2. The van der Waals surface area contributed by atoms with Gasteiger partial charge in [-0.2, -0.15) is 5.10 Å². The Balaban J connectivity index is 1.41. The lowest BCUT2D eigenvalue weighted by Crippen LogP contribution is -2.30. The van der Waals surface area contributed by atoms with Crippen molar-refractivity contribution in [2.45, 2.75) is 25.8 Å². The van der Waals surface area contributed by atoms with E-state index >= 15 is 0 Å². The van der Waals surface area contributed by atoms with Gasteiger partial charge in [0, 0.05) is 43.2 Å². The average molecular weight is 334 g/mol. The van der Waals surface area contributed by atoms with E-state index in [4.69, 9.17) is 0 Å². The van der Waals surface area contributed by atoms with Crippen molar-refractivity contribution in [3.05, 3.63) is 54.6 Å². The Bertz CT molecular complexity index is 790. The Morgan fingerprint density at radius 2 is 1.96 bits per heavy atom. The van der Waals surface area contributed by atoms with Gasteiger partial charge in [0.15, 0.2) is 0 Å².